The predicted molar refractivity (Wildman–Crippen MR) is 90.4 cm³/mol. The second-order valence-electron chi connectivity index (χ2n) is 5.03. The number of thiazole rings is 1. The fraction of sp³-hybridized carbons (Fsp3) is 0.500. The quantitative estimate of drug-likeness (QED) is 0.225. The van der Waals surface area contributed by atoms with Gasteiger partial charge in [-0.25, -0.2) is 10.0 Å². The Morgan fingerprint density at radius 2 is 2.36 bits per heavy atom. The number of hydroxylamine groups is 2. The fourth-order valence-electron chi connectivity index (χ4n) is 2.09. The first kappa shape index (κ1) is 19.3. The van der Waals surface area contributed by atoms with Crippen molar-refractivity contribution in [3.63, 3.8) is 0 Å². The van der Waals surface area contributed by atoms with Crippen LogP contribution in [0.1, 0.15) is 12.6 Å². The molecule has 3 atom stereocenters. The van der Waals surface area contributed by atoms with Crippen LogP contribution in [0.4, 0.5) is 5.13 Å². The molecule has 0 spiro atoms. The number of rotatable bonds is 8. The van der Waals surface area contributed by atoms with Crippen molar-refractivity contribution in [1.29, 1.82) is 0 Å². The highest BCUT2D eigenvalue weighted by atomic mass is 32.1. The van der Waals surface area contributed by atoms with E-state index in [1.807, 2.05) is 0 Å². The molecule has 2 rings (SSSR count). The zero-order chi connectivity index (χ0) is 18.6. The minimum atomic E-state index is -2.66. The van der Waals surface area contributed by atoms with Gasteiger partial charge in [0.05, 0.1) is 12.6 Å². The molecular weight excluding hydrogens is 373 g/mol. The summed E-state index contributed by atoms with van der Waals surface area (Å²) in [7, 11) is -1.37. The molecule has 0 saturated carbocycles. The number of nitrogens with one attached hydrogen (secondary N) is 1. The molecule has 1 fully saturated rings. The Hall–Kier alpha value is -2.01. The van der Waals surface area contributed by atoms with E-state index < -0.39 is 31.9 Å². The monoisotopic (exact) mass is 391 g/mol. The van der Waals surface area contributed by atoms with Gasteiger partial charge in [-0.15, -0.1) is 11.3 Å². The molecule has 25 heavy (non-hydrogen) atoms. The molecular formula is C12H18N5O6PS. The molecule has 0 aliphatic carbocycles. The van der Waals surface area contributed by atoms with Gasteiger partial charge in [0, 0.05) is 11.5 Å². The maximum Gasteiger partial charge on any atom is 0.276 e. The second-order valence-corrected chi connectivity index (χ2v) is 7.20. The van der Waals surface area contributed by atoms with Gasteiger partial charge >= 0.3 is 0 Å². The Kier molecular flexibility index (Phi) is 6.48. The van der Waals surface area contributed by atoms with Crippen molar-refractivity contribution in [2.24, 2.45) is 5.16 Å². The third-order valence-corrected chi connectivity index (χ3v) is 4.64. The van der Waals surface area contributed by atoms with Gasteiger partial charge in [-0.2, -0.15) is 0 Å². The summed E-state index contributed by atoms with van der Waals surface area (Å²) in [6.45, 7) is 1.61. The van der Waals surface area contributed by atoms with E-state index in [1.54, 1.807) is 12.3 Å². The SMILES string of the molecule is CO/N=C(\C(=O)N[C@@H]1C(=O)N(OCC[PH](=O)O)[C@H]1C)c1csc(N)n1. The number of aromatic nitrogens is 1. The van der Waals surface area contributed by atoms with Crippen LogP contribution in [0.25, 0.3) is 0 Å². The summed E-state index contributed by atoms with van der Waals surface area (Å²) in [6, 6.07) is -1.25. The second kappa shape index (κ2) is 8.39. The number of hydrogen-bond donors (Lipinski definition) is 3. The third kappa shape index (κ3) is 4.54. The molecule has 1 aliphatic rings. The number of carbonyl (C=O) groups is 2. The number of oxime groups is 1. The van der Waals surface area contributed by atoms with Crippen LogP contribution in [-0.2, 0) is 23.8 Å². The third-order valence-electron chi connectivity index (χ3n) is 3.33. The smallest absolute Gasteiger partial charge is 0.276 e. The molecule has 1 aromatic rings. The summed E-state index contributed by atoms with van der Waals surface area (Å²) >= 11 is 1.14. The van der Waals surface area contributed by atoms with E-state index in [0.29, 0.717) is 0 Å². The standard InChI is InChI=1S/C12H18N5O6PS/c1-6-8(11(19)17(6)23-3-4-24(20)21)15-10(18)9(16-22-2)7-5-25-12(13)14-7/h5-6,8,24H,3-4H2,1-2H3,(H2,13,14)(H,15,18)(H,20,21)/b16-9-/t6-,8-/m0/s1. The molecule has 0 radical (unpaired) electrons. The van der Waals surface area contributed by atoms with E-state index in [9.17, 15) is 14.2 Å². The van der Waals surface area contributed by atoms with E-state index >= 15 is 0 Å². The van der Waals surface area contributed by atoms with Crippen molar-refractivity contribution in [3.8, 4) is 0 Å². The van der Waals surface area contributed by atoms with Crippen molar-refractivity contribution in [2.75, 3.05) is 25.6 Å². The van der Waals surface area contributed by atoms with E-state index in [0.717, 1.165) is 16.4 Å². The van der Waals surface area contributed by atoms with Crippen LogP contribution in [0.2, 0.25) is 0 Å². The van der Waals surface area contributed by atoms with Gasteiger partial charge in [0.1, 0.15) is 18.8 Å². The largest absolute Gasteiger partial charge is 0.398 e. The minimum Gasteiger partial charge on any atom is -0.398 e. The van der Waals surface area contributed by atoms with Gasteiger partial charge in [0.25, 0.3) is 11.8 Å². The number of β-lactam (4-membered cyclic amide) rings is 1. The molecule has 138 valence electrons. The average molecular weight is 391 g/mol. The van der Waals surface area contributed by atoms with Crippen LogP contribution in [0.3, 0.4) is 0 Å². The van der Waals surface area contributed by atoms with Crippen LogP contribution >= 0.6 is 19.4 Å². The Balaban J connectivity index is 1.97. The first-order valence-corrected chi connectivity index (χ1v) is 9.60. The van der Waals surface area contributed by atoms with Crippen molar-refractivity contribution >= 4 is 42.0 Å². The molecule has 2 amide bonds. The molecule has 0 bridgehead atoms. The number of nitrogen functional groups attached to an aromatic ring is 1. The first-order valence-electron chi connectivity index (χ1n) is 7.16. The van der Waals surface area contributed by atoms with Crippen LogP contribution < -0.4 is 11.1 Å². The number of hydrogen-bond acceptors (Lipinski definition) is 9. The van der Waals surface area contributed by atoms with E-state index in [-0.39, 0.29) is 29.3 Å². The van der Waals surface area contributed by atoms with E-state index in [4.69, 9.17) is 15.5 Å². The fourth-order valence-corrected chi connectivity index (χ4v) is 2.91. The normalized spacial score (nSPS) is 21.6. The molecule has 1 unspecified atom stereocenters. The van der Waals surface area contributed by atoms with Crippen LogP contribution in [0.15, 0.2) is 10.5 Å². The molecule has 1 aromatic heterocycles. The van der Waals surface area contributed by atoms with Gasteiger partial charge in [-0.05, 0) is 6.92 Å². The van der Waals surface area contributed by atoms with Gasteiger partial charge in [-0.3, -0.25) is 19.0 Å². The lowest BCUT2D eigenvalue weighted by Crippen LogP contribution is -2.69. The van der Waals surface area contributed by atoms with Crippen molar-refractivity contribution in [3.05, 3.63) is 11.1 Å². The lowest BCUT2D eigenvalue weighted by atomic mass is 10.00. The lowest BCUT2D eigenvalue weighted by Gasteiger charge is -2.43. The van der Waals surface area contributed by atoms with Crippen molar-refractivity contribution in [1.82, 2.24) is 15.4 Å². The summed E-state index contributed by atoms with van der Waals surface area (Å²) in [5.74, 6) is -1.11. The zero-order valence-electron chi connectivity index (χ0n) is 13.5. The maximum absolute atomic E-state index is 12.4. The summed E-state index contributed by atoms with van der Waals surface area (Å²) < 4.78 is 10.6. The summed E-state index contributed by atoms with van der Waals surface area (Å²) in [5, 5.41) is 9.04. The highest BCUT2D eigenvalue weighted by Crippen LogP contribution is 2.22. The van der Waals surface area contributed by atoms with Crippen LogP contribution in [-0.4, -0.2) is 64.4 Å². The molecule has 2 heterocycles. The van der Waals surface area contributed by atoms with Crippen molar-refractivity contribution < 1.29 is 28.7 Å². The zero-order valence-corrected chi connectivity index (χ0v) is 15.3. The average Bonchev–Trinajstić information content (AvgIpc) is 2.99. The Bertz CT molecular complexity index is 710. The van der Waals surface area contributed by atoms with Crippen LogP contribution in [0.5, 0.6) is 0 Å². The number of amides is 2. The molecule has 0 aromatic carbocycles. The highest BCUT2D eigenvalue weighted by molar-refractivity contribution is 7.38. The Morgan fingerprint density at radius 3 is 2.88 bits per heavy atom. The van der Waals surface area contributed by atoms with Gasteiger partial charge in [0.15, 0.2) is 18.9 Å². The summed E-state index contributed by atoms with van der Waals surface area (Å²) in [4.78, 5) is 46.9. The highest BCUT2D eigenvalue weighted by Gasteiger charge is 2.47. The number of carbonyl (C=O) groups excluding carboxylic acids is 2. The Morgan fingerprint density at radius 1 is 1.64 bits per heavy atom. The number of nitrogens with zero attached hydrogens (tertiary/aromatic N) is 3. The number of anilines is 1. The summed E-state index contributed by atoms with van der Waals surface area (Å²) in [6.07, 6.45) is -0.0475. The molecule has 13 heteroatoms. The molecule has 1 saturated heterocycles. The topological polar surface area (TPSA) is 156 Å². The van der Waals surface area contributed by atoms with Gasteiger partial charge < -0.3 is 20.8 Å². The molecule has 11 nitrogen and oxygen atoms in total. The van der Waals surface area contributed by atoms with Crippen molar-refractivity contribution in [2.45, 2.75) is 19.0 Å². The van der Waals surface area contributed by atoms with Gasteiger partial charge in [-0.1, -0.05) is 5.16 Å². The van der Waals surface area contributed by atoms with Crippen LogP contribution in [0, 0.1) is 0 Å². The Labute approximate surface area is 147 Å². The molecule has 1 aliphatic heterocycles. The number of nitrogens with two attached hydrogens (primary N) is 1. The predicted octanol–water partition coefficient (Wildman–Crippen LogP) is -0.810. The van der Waals surface area contributed by atoms with Gasteiger partial charge in [0.2, 0.25) is 0 Å². The van der Waals surface area contributed by atoms with E-state index in [2.05, 4.69) is 20.3 Å². The van der Waals surface area contributed by atoms with E-state index in [1.165, 1.54) is 7.11 Å². The first-order chi connectivity index (χ1) is 11.8. The molecule has 4 N–H and O–H groups in total. The lowest BCUT2D eigenvalue weighted by molar-refractivity contribution is -0.230. The maximum atomic E-state index is 12.4. The summed E-state index contributed by atoms with van der Waals surface area (Å²) in [5.41, 5.74) is 5.68. The minimum absolute atomic E-state index is 0.0475.